The summed E-state index contributed by atoms with van der Waals surface area (Å²) in [5.41, 5.74) is 1.11. The van der Waals surface area contributed by atoms with Crippen molar-refractivity contribution in [2.45, 2.75) is 0 Å². The van der Waals surface area contributed by atoms with E-state index in [-0.39, 0.29) is 23.1 Å². The van der Waals surface area contributed by atoms with Crippen LogP contribution in [0.15, 0.2) is 71.3 Å². The van der Waals surface area contributed by atoms with Gasteiger partial charge in [0.05, 0.1) is 12.0 Å². The van der Waals surface area contributed by atoms with E-state index in [1.165, 1.54) is 24.5 Å². The smallest absolute Gasteiger partial charge is 0.291 e. The molecule has 0 atom stereocenters. The Hall–Kier alpha value is -3.54. The molecule has 3 aromatic rings. The zero-order valence-electron chi connectivity index (χ0n) is 12.5. The van der Waals surface area contributed by atoms with Gasteiger partial charge >= 0.3 is 0 Å². The van der Waals surface area contributed by atoms with Crippen molar-refractivity contribution in [3.63, 3.8) is 0 Å². The lowest BCUT2D eigenvalue weighted by molar-refractivity contribution is 0.0994. The predicted molar refractivity (Wildman–Crippen MR) is 89.2 cm³/mol. The summed E-state index contributed by atoms with van der Waals surface area (Å²) in [6, 6.07) is 16.2. The number of amides is 2. The monoisotopic (exact) mass is 322 g/mol. The average Bonchev–Trinajstić information content (AvgIpc) is 3.13. The van der Waals surface area contributed by atoms with Gasteiger partial charge in [0.2, 0.25) is 0 Å². The Morgan fingerprint density at radius 3 is 2.33 bits per heavy atom. The van der Waals surface area contributed by atoms with Crippen LogP contribution in [0.1, 0.15) is 20.9 Å². The molecule has 0 spiro atoms. The second kappa shape index (κ2) is 6.70. The molecule has 0 aliphatic rings. The van der Waals surface area contributed by atoms with Gasteiger partial charge in [-0.15, -0.1) is 0 Å². The third-order valence-electron chi connectivity index (χ3n) is 3.28. The van der Waals surface area contributed by atoms with Crippen LogP contribution in [0.25, 0.3) is 0 Å². The van der Waals surface area contributed by atoms with Gasteiger partial charge in [-0.3, -0.25) is 9.59 Å². The standard InChI is InChI=1S/C18H14N2O4/c21-15-11-13(19-18(23)16-7-4-10-24-16)8-9-14(15)20-17(22)12-5-2-1-3-6-12/h1-11,21H,(H,19,23)(H,20,22). The fourth-order valence-corrected chi connectivity index (χ4v) is 2.10. The first kappa shape index (κ1) is 15.4. The van der Waals surface area contributed by atoms with Gasteiger partial charge < -0.3 is 20.2 Å². The number of nitrogens with one attached hydrogen (secondary N) is 2. The van der Waals surface area contributed by atoms with Crippen molar-refractivity contribution in [2.75, 3.05) is 10.6 Å². The molecule has 0 saturated carbocycles. The molecule has 0 fully saturated rings. The van der Waals surface area contributed by atoms with E-state index in [0.717, 1.165) is 0 Å². The summed E-state index contributed by atoms with van der Waals surface area (Å²) in [6.45, 7) is 0. The zero-order valence-corrected chi connectivity index (χ0v) is 12.5. The van der Waals surface area contributed by atoms with Gasteiger partial charge in [-0.2, -0.15) is 0 Å². The van der Waals surface area contributed by atoms with Crippen LogP contribution in [0.2, 0.25) is 0 Å². The van der Waals surface area contributed by atoms with Gasteiger partial charge in [0.1, 0.15) is 5.75 Å². The molecule has 6 heteroatoms. The summed E-state index contributed by atoms with van der Waals surface area (Å²) >= 11 is 0. The molecule has 0 aliphatic heterocycles. The molecular weight excluding hydrogens is 308 g/mol. The van der Waals surface area contributed by atoms with E-state index < -0.39 is 5.91 Å². The highest BCUT2D eigenvalue weighted by Gasteiger charge is 2.12. The number of phenolic OH excluding ortho intramolecular Hbond substituents is 1. The number of hydrogen-bond acceptors (Lipinski definition) is 4. The van der Waals surface area contributed by atoms with Crippen LogP contribution >= 0.6 is 0 Å². The number of rotatable bonds is 4. The lowest BCUT2D eigenvalue weighted by atomic mass is 10.2. The van der Waals surface area contributed by atoms with Gasteiger partial charge in [-0.1, -0.05) is 18.2 Å². The molecule has 2 amide bonds. The summed E-state index contributed by atoms with van der Waals surface area (Å²) in [7, 11) is 0. The number of aromatic hydroxyl groups is 1. The largest absolute Gasteiger partial charge is 0.506 e. The van der Waals surface area contributed by atoms with Crippen LogP contribution in [0.4, 0.5) is 11.4 Å². The molecule has 2 aromatic carbocycles. The van der Waals surface area contributed by atoms with E-state index >= 15 is 0 Å². The van der Waals surface area contributed by atoms with Crippen molar-refractivity contribution in [3.8, 4) is 5.75 Å². The fraction of sp³-hybridized carbons (Fsp3) is 0. The molecule has 3 N–H and O–H groups in total. The van der Waals surface area contributed by atoms with Gasteiger partial charge in [-0.25, -0.2) is 0 Å². The van der Waals surface area contributed by atoms with E-state index in [1.807, 2.05) is 6.07 Å². The van der Waals surface area contributed by atoms with Crippen LogP contribution in [0.3, 0.4) is 0 Å². The third-order valence-corrected chi connectivity index (χ3v) is 3.28. The number of hydrogen-bond donors (Lipinski definition) is 3. The molecule has 1 heterocycles. The summed E-state index contributed by atoms with van der Waals surface area (Å²) in [5.74, 6) is -0.758. The van der Waals surface area contributed by atoms with Crippen molar-refractivity contribution in [1.82, 2.24) is 0 Å². The maximum atomic E-state index is 12.1. The van der Waals surface area contributed by atoms with Crippen molar-refractivity contribution in [1.29, 1.82) is 0 Å². The minimum atomic E-state index is -0.430. The second-order valence-electron chi connectivity index (χ2n) is 4.98. The average molecular weight is 322 g/mol. The van der Waals surface area contributed by atoms with Crippen LogP contribution in [0, 0.1) is 0 Å². The first-order chi connectivity index (χ1) is 11.6. The van der Waals surface area contributed by atoms with Crippen molar-refractivity contribution >= 4 is 23.2 Å². The first-order valence-corrected chi connectivity index (χ1v) is 7.18. The number of carbonyl (C=O) groups excluding carboxylic acids is 2. The molecule has 0 bridgehead atoms. The van der Waals surface area contributed by atoms with Gasteiger partial charge in [0, 0.05) is 17.3 Å². The molecule has 0 aliphatic carbocycles. The molecule has 6 nitrogen and oxygen atoms in total. The van der Waals surface area contributed by atoms with Gasteiger partial charge in [0.25, 0.3) is 11.8 Å². The number of furan rings is 1. The fourth-order valence-electron chi connectivity index (χ4n) is 2.10. The molecule has 0 saturated heterocycles. The van der Waals surface area contributed by atoms with Crippen LogP contribution in [-0.2, 0) is 0 Å². The summed E-state index contributed by atoms with van der Waals surface area (Å²) < 4.78 is 4.99. The number of phenols is 1. The Bertz CT molecular complexity index is 858. The number of benzene rings is 2. The van der Waals surface area contributed by atoms with Crippen LogP contribution in [0.5, 0.6) is 5.75 Å². The van der Waals surface area contributed by atoms with Crippen molar-refractivity contribution in [2.24, 2.45) is 0 Å². The molecule has 0 unspecified atom stereocenters. The summed E-state index contributed by atoms with van der Waals surface area (Å²) in [4.78, 5) is 24.0. The molecular formula is C18H14N2O4. The molecule has 1 aromatic heterocycles. The van der Waals surface area contributed by atoms with Crippen molar-refractivity contribution < 1.29 is 19.1 Å². The maximum Gasteiger partial charge on any atom is 0.291 e. The quantitative estimate of drug-likeness (QED) is 0.641. The normalized spacial score (nSPS) is 10.2. The zero-order chi connectivity index (χ0) is 16.9. The summed E-state index contributed by atoms with van der Waals surface area (Å²) in [6.07, 6.45) is 1.40. The predicted octanol–water partition coefficient (Wildman–Crippen LogP) is 3.49. The van der Waals surface area contributed by atoms with E-state index in [1.54, 1.807) is 36.4 Å². The highest BCUT2D eigenvalue weighted by Crippen LogP contribution is 2.27. The molecule has 3 rings (SSSR count). The maximum absolute atomic E-state index is 12.1. The Kier molecular flexibility index (Phi) is 4.29. The van der Waals surface area contributed by atoms with Crippen LogP contribution < -0.4 is 10.6 Å². The van der Waals surface area contributed by atoms with Crippen molar-refractivity contribution in [3.05, 3.63) is 78.3 Å². The third kappa shape index (κ3) is 3.44. The van der Waals surface area contributed by atoms with Crippen LogP contribution in [-0.4, -0.2) is 16.9 Å². The second-order valence-corrected chi connectivity index (χ2v) is 4.98. The Labute approximate surface area is 137 Å². The number of anilines is 2. The van der Waals surface area contributed by atoms with E-state index in [4.69, 9.17) is 4.42 Å². The SMILES string of the molecule is O=C(Nc1ccc(NC(=O)c2ccco2)cc1O)c1ccccc1. The minimum absolute atomic E-state index is 0.156. The molecule has 0 radical (unpaired) electrons. The Morgan fingerprint density at radius 1 is 0.875 bits per heavy atom. The Balaban J connectivity index is 1.71. The lowest BCUT2D eigenvalue weighted by Crippen LogP contribution is -2.13. The lowest BCUT2D eigenvalue weighted by Gasteiger charge is -2.09. The Morgan fingerprint density at radius 2 is 1.67 bits per heavy atom. The molecule has 120 valence electrons. The highest BCUT2D eigenvalue weighted by molar-refractivity contribution is 6.05. The minimum Gasteiger partial charge on any atom is -0.506 e. The summed E-state index contributed by atoms with van der Waals surface area (Å²) in [5, 5.41) is 15.2. The van der Waals surface area contributed by atoms with E-state index in [9.17, 15) is 14.7 Å². The first-order valence-electron chi connectivity index (χ1n) is 7.18. The number of carbonyl (C=O) groups is 2. The van der Waals surface area contributed by atoms with Gasteiger partial charge in [0.15, 0.2) is 5.76 Å². The van der Waals surface area contributed by atoms with Gasteiger partial charge in [-0.05, 0) is 36.4 Å². The van der Waals surface area contributed by atoms with E-state index in [0.29, 0.717) is 11.3 Å². The highest BCUT2D eigenvalue weighted by atomic mass is 16.3. The topological polar surface area (TPSA) is 91.6 Å². The molecule has 24 heavy (non-hydrogen) atoms. The van der Waals surface area contributed by atoms with E-state index in [2.05, 4.69) is 10.6 Å².